The summed E-state index contributed by atoms with van der Waals surface area (Å²) in [5.74, 6) is 0.779. The number of rotatable bonds is 6. The van der Waals surface area contributed by atoms with Crippen molar-refractivity contribution in [1.29, 1.82) is 0 Å². The number of hydrogen-bond acceptors (Lipinski definition) is 3. The van der Waals surface area contributed by atoms with Gasteiger partial charge in [-0.05, 0) is 31.2 Å². The molecule has 1 N–H and O–H groups in total. The van der Waals surface area contributed by atoms with E-state index in [-0.39, 0.29) is 18.6 Å². The Morgan fingerprint density at radius 3 is 2.61 bits per heavy atom. The van der Waals surface area contributed by atoms with E-state index in [9.17, 15) is 4.79 Å². The van der Waals surface area contributed by atoms with Crippen LogP contribution in [0.5, 0.6) is 0 Å². The van der Waals surface area contributed by atoms with Gasteiger partial charge < -0.3 is 10.0 Å². The number of aliphatic hydroxyl groups excluding tert-OH is 1. The first-order chi connectivity index (χ1) is 8.54. The highest BCUT2D eigenvalue weighted by atomic mass is 35.5. The van der Waals surface area contributed by atoms with Crippen LogP contribution in [0.2, 0.25) is 5.02 Å². The molecule has 0 aliphatic carbocycles. The van der Waals surface area contributed by atoms with Crippen LogP contribution in [0.4, 0.5) is 0 Å². The van der Waals surface area contributed by atoms with Crippen LogP contribution in [-0.4, -0.2) is 41.4 Å². The molecule has 1 aromatic rings. The molecule has 1 aromatic carbocycles. The molecule has 1 amide bonds. The van der Waals surface area contributed by atoms with Crippen LogP contribution in [0.25, 0.3) is 0 Å². The molecule has 100 valence electrons. The van der Waals surface area contributed by atoms with Crippen molar-refractivity contribution >= 4 is 29.3 Å². The van der Waals surface area contributed by atoms with Crippen molar-refractivity contribution in [1.82, 2.24) is 4.90 Å². The van der Waals surface area contributed by atoms with E-state index in [1.807, 2.05) is 31.2 Å². The molecule has 0 aliphatic heterocycles. The topological polar surface area (TPSA) is 40.5 Å². The summed E-state index contributed by atoms with van der Waals surface area (Å²) in [5.41, 5.74) is 0. The molecule has 0 fully saturated rings. The molecule has 0 heterocycles. The molecular formula is C13H18ClNO2S. The minimum Gasteiger partial charge on any atom is -0.394 e. The first-order valence-electron chi connectivity index (χ1n) is 5.79. The zero-order valence-electron chi connectivity index (χ0n) is 10.6. The van der Waals surface area contributed by atoms with Crippen LogP contribution < -0.4 is 0 Å². The molecule has 0 radical (unpaired) electrons. The van der Waals surface area contributed by atoms with Crippen LogP contribution in [0.15, 0.2) is 29.2 Å². The van der Waals surface area contributed by atoms with E-state index < -0.39 is 0 Å². The largest absolute Gasteiger partial charge is 0.394 e. The van der Waals surface area contributed by atoms with Crippen molar-refractivity contribution in [3.63, 3.8) is 0 Å². The minimum atomic E-state index is -0.127. The van der Waals surface area contributed by atoms with Gasteiger partial charge >= 0.3 is 0 Å². The number of halogens is 1. The van der Waals surface area contributed by atoms with Crippen molar-refractivity contribution in [3.05, 3.63) is 29.3 Å². The molecule has 3 nitrogen and oxygen atoms in total. The van der Waals surface area contributed by atoms with Gasteiger partial charge in [-0.3, -0.25) is 4.79 Å². The van der Waals surface area contributed by atoms with E-state index in [0.717, 1.165) is 10.6 Å². The highest BCUT2D eigenvalue weighted by Crippen LogP contribution is 2.21. The summed E-state index contributed by atoms with van der Waals surface area (Å²) in [6, 6.07) is 7.44. The maximum atomic E-state index is 11.8. The van der Waals surface area contributed by atoms with Gasteiger partial charge in [0.25, 0.3) is 0 Å². The second kappa shape index (κ2) is 7.67. The predicted octanol–water partition coefficient (Wildman–Crippen LogP) is 2.66. The van der Waals surface area contributed by atoms with E-state index in [4.69, 9.17) is 16.7 Å². The molecule has 0 aliphatic rings. The van der Waals surface area contributed by atoms with Crippen LogP contribution in [0.3, 0.4) is 0 Å². The molecule has 1 unspecified atom stereocenters. The van der Waals surface area contributed by atoms with Crippen molar-refractivity contribution in [2.24, 2.45) is 0 Å². The lowest BCUT2D eigenvalue weighted by atomic mass is 10.3. The summed E-state index contributed by atoms with van der Waals surface area (Å²) in [6.07, 6.45) is 0.466. The maximum Gasteiger partial charge on any atom is 0.223 e. The number of carbonyl (C=O) groups excluding carboxylic acids is 1. The fourth-order valence-corrected chi connectivity index (χ4v) is 2.30. The summed E-state index contributed by atoms with van der Waals surface area (Å²) in [4.78, 5) is 14.5. The van der Waals surface area contributed by atoms with Gasteiger partial charge in [0, 0.05) is 29.1 Å². The molecule has 0 saturated carbocycles. The van der Waals surface area contributed by atoms with Crippen LogP contribution >= 0.6 is 23.4 Å². The van der Waals surface area contributed by atoms with E-state index in [1.54, 1.807) is 23.7 Å². The van der Waals surface area contributed by atoms with Gasteiger partial charge in [0.15, 0.2) is 0 Å². The number of hydrogen-bond donors (Lipinski definition) is 1. The zero-order valence-corrected chi connectivity index (χ0v) is 12.2. The van der Waals surface area contributed by atoms with Crippen molar-refractivity contribution in [3.8, 4) is 0 Å². The fraction of sp³-hybridized carbons (Fsp3) is 0.462. The SMILES string of the molecule is CC(CO)N(C)C(=O)CCSc1ccc(Cl)cc1. The minimum absolute atomic E-state index is 0.00737. The summed E-state index contributed by atoms with van der Waals surface area (Å²) < 4.78 is 0. The molecular weight excluding hydrogens is 270 g/mol. The highest BCUT2D eigenvalue weighted by Gasteiger charge is 2.14. The molecule has 0 saturated heterocycles. The maximum absolute atomic E-state index is 11.8. The predicted molar refractivity (Wildman–Crippen MR) is 76.1 cm³/mol. The van der Waals surface area contributed by atoms with Crippen LogP contribution in [0, 0.1) is 0 Å². The number of amides is 1. The fourth-order valence-electron chi connectivity index (χ4n) is 1.33. The third kappa shape index (κ3) is 4.88. The summed E-state index contributed by atoms with van der Waals surface area (Å²) >= 11 is 7.42. The Labute approximate surface area is 117 Å². The smallest absolute Gasteiger partial charge is 0.223 e. The summed E-state index contributed by atoms with van der Waals surface area (Å²) in [6.45, 7) is 1.82. The Balaban J connectivity index is 2.33. The van der Waals surface area contributed by atoms with Gasteiger partial charge in [-0.1, -0.05) is 11.6 Å². The summed E-state index contributed by atoms with van der Waals surface area (Å²) in [7, 11) is 1.72. The van der Waals surface area contributed by atoms with E-state index in [1.165, 1.54) is 0 Å². The van der Waals surface area contributed by atoms with Crippen LogP contribution in [0.1, 0.15) is 13.3 Å². The Kier molecular flexibility index (Phi) is 6.54. The first-order valence-corrected chi connectivity index (χ1v) is 7.16. The van der Waals surface area contributed by atoms with E-state index >= 15 is 0 Å². The molecule has 1 atom stereocenters. The molecule has 0 spiro atoms. The normalized spacial score (nSPS) is 12.2. The Bertz CT molecular complexity index is 383. The number of likely N-dealkylation sites (N-methyl/N-ethyl adjacent to an activating group) is 1. The Morgan fingerprint density at radius 2 is 2.06 bits per heavy atom. The van der Waals surface area contributed by atoms with Crippen LogP contribution in [-0.2, 0) is 4.79 Å². The molecule has 0 aromatic heterocycles. The van der Waals surface area contributed by atoms with Gasteiger partial charge in [-0.25, -0.2) is 0 Å². The molecule has 1 rings (SSSR count). The monoisotopic (exact) mass is 287 g/mol. The van der Waals surface area contributed by atoms with Gasteiger partial charge in [-0.15, -0.1) is 11.8 Å². The lowest BCUT2D eigenvalue weighted by Gasteiger charge is -2.23. The van der Waals surface area contributed by atoms with Gasteiger partial charge in [0.05, 0.1) is 12.6 Å². The molecule has 5 heteroatoms. The van der Waals surface area contributed by atoms with Gasteiger partial charge in [-0.2, -0.15) is 0 Å². The quantitative estimate of drug-likeness (QED) is 0.818. The zero-order chi connectivity index (χ0) is 13.5. The number of thioether (sulfide) groups is 1. The van der Waals surface area contributed by atoms with Gasteiger partial charge in [0.2, 0.25) is 5.91 Å². The summed E-state index contributed by atoms with van der Waals surface area (Å²) in [5, 5.41) is 9.69. The van der Waals surface area contributed by atoms with Gasteiger partial charge in [0.1, 0.15) is 0 Å². The van der Waals surface area contributed by atoms with E-state index in [0.29, 0.717) is 11.4 Å². The average Bonchev–Trinajstić information content (AvgIpc) is 2.39. The first kappa shape index (κ1) is 15.3. The number of aliphatic hydroxyl groups is 1. The highest BCUT2D eigenvalue weighted by molar-refractivity contribution is 7.99. The molecule has 18 heavy (non-hydrogen) atoms. The second-order valence-corrected chi connectivity index (χ2v) is 5.69. The van der Waals surface area contributed by atoms with Crippen molar-refractivity contribution < 1.29 is 9.90 Å². The van der Waals surface area contributed by atoms with Crippen molar-refractivity contribution in [2.45, 2.75) is 24.3 Å². The Morgan fingerprint density at radius 1 is 1.44 bits per heavy atom. The molecule has 0 bridgehead atoms. The number of nitrogens with zero attached hydrogens (tertiary/aromatic N) is 1. The standard InChI is InChI=1S/C13H18ClNO2S/c1-10(9-16)15(2)13(17)7-8-18-12-5-3-11(14)4-6-12/h3-6,10,16H,7-9H2,1-2H3. The second-order valence-electron chi connectivity index (χ2n) is 4.09. The third-order valence-corrected chi connectivity index (χ3v) is 3.98. The lowest BCUT2D eigenvalue weighted by Crippen LogP contribution is -2.37. The lowest BCUT2D eigenvalue weighted by molar-refractivity contribution is -0.131. The Hall–Kier alpha value is -0.710. The average molecular weight is 288 g/mol. The number of benzene rings is 1. The third-order valence-electron chi connectivity index (χ3n) is 2.72. The van der Waals surface area contributed by atoms with Crippen molar-refractivity contribution in [2.75, 3.05) is 19.4 Å². The van der Waals surface area contributed by atoms with E-state index in [2.05, 4.69) is 0 Å². The number of carbonyl (C=O) groups is 1.